The number of hydrogen-bond acceptors (Lipinski definition) is 5. The molecule has 108 valence electrons. The van der Waals surface area contributed by atoms with Crippen LogP contribution in [0.1, 0.15) is 18.7 Å². The predicted octanol–water partition coefficient (Wildman–Crippen LogP) is 2.92. The fourth-order valence-corrected chi connectivity index (χ4v) is 1.69. The summed E-state index contributed by atoms with van der Waals surface area (Å²) in [5.41, 5.74) is 0.358. The smallest absolute Gasteiger partial charge is 0.383 e. The van der Waals surface area contributed by atoms with E-state index in [9.17, 15) is 13.2 Å². The van der Waals surface area contributed by atoms with Gasteiger partial charge in [-0.2, -0.15) is 18.2 Å². The molecule has 0 saturated carbocycles. The lowest BCUT2D eigenvalue weighted by Crippen LogP contribution is -2.33. The molecule has 0 aliphatic rings. The highest BCUT2D eigenvalue weighted by molar-refractivity contribution is 9.10. The van der Waals surface area contributed by atoms with Gasteiger partial charge in [0.25, 0.3) is 0 Å². The number of hydrogen-bond donors (Lipinski definition) is 1. The van der Waals surface area contributed by atoms with Crippen molar-refractivity contribution in [2.24, 2.45) is 0 Å². The van der Waals surface area contributed by atoms with Crippen LogP contribution in [0.15, 0.2) is 27.3 Å². The summed E-state index contributed by atoms with van der Waals surface area (Å²) in [5.74, 6) is -1.59. The molecule has 0 saturated heterocycles. The molecule has 0 aromatic carbocycles. The van der Waals surface area contributed by atoms with E-state index < -0.39 is 18.2 Å². The van der Waals surface area contributed by atoms with Gasteiger partial charge >= 0.3 is 6.18 Å². The number of aliphatic hydroxyl groups is 1. The second kappa shape index (κ2) is 5.49. The van der Waals surface area contributed by atoms with Crippen LogP contribution in [0.2, 0.25) is 0 Å². The molecule has 2 heterocycles. The Balaban J connectivity index is 2.23. The summed E-state index contributed by atoms with van der Waals surface area (Å²) in [6.07, 6.45) is -5.81. The number of nitrogens with zero attached hydrogens (tertiary/aromatic N) is 3. The minimum Gasteiger partial charge on any atom is -0.383 e. The van der Waals surface area contributed by atoms with Crippen molar-refractivity contribution >= 4 is 15.9 Å². The molecule has 0 radical (unpaired) electrons. The molecular weight excluding hydrogens is 343 g/mol. The molecule has 2 aromatic heterocycles. The van der Waals surface area contributed by atoms with Crippen LogP contribution in [-0.4, -0.2) is 32.5 Å². The van der Waals surface area contributed by atoms with Crippen LogP contribution >= 0.6 is 15.9 Å². The zero-order valence-corrected chi connectivity index (χ0v) is 11.7. The summed E-state index contributed by atoms with van der Waals surface area (Å²) in [7, 11) is 0. The lowest BCUT2D eigenvalue weighted by Gasteiger charge is -2.17. The highest BCUT2D eigenvalue weighted by Gasteiger charge is 2.44. The van der Waals surface area contributed by atoms with Gasteiger partial charge in [0.15, 0.2) is 6.10 Å². The third-order valence-corrected chi connectivity index (χ3v) is 3.07. The molecule has 0 amide bonds. The average molecular weight is 352 g/mol. The Bertz CT molecular complexity index is 585. The maximum atomic E-state index is 12.4. The molecule has 5 nitrogen and oxygen atoms in total. The number of aliphatic hydroxyl groups excluding tert-OH is 1. The minimum atomic E-state index is -4.75. The van der Waals surface area contributed by atoms with Crippen molar-refractivity contribution in [2.45, 2.75) is 25.1 Å². The predicted molar refractivity (Wildman–Crippen MR) is 65.7 cm³/mol. The zero-order chi connectivity index (χ0) is 14.9. The molecule has 20 heavy (non-hydrogen) atoms. The first-order chi connectivity index (χ1) is 9.29. The van der Waals surface area contributed by atoms with Crippen LogP contribution in [0.5, 0.6) is 0 Å². The van der Waals surface area contributed by atoms with Gasteiger partial charge in [0, 0.05) is 10.7 Å². The van der Waals surface area contributed by atoms with Crippen molar-refractivity contribution < 1.29 is 22.8 Å². The van der Waals surface area contributed by atoms with E-state index in [0.29, 0.717) is 5.69 Å². The maximum absolute atomic E-state index is 12.4. The Morgan fingerprint density at radius 2 is 2.05 bits per heavy atom. The van der Waals surface area contributed by atoms with Gasteiger partial charge in [-0.15, -0.1) is 0 Å². The van der Waals surface area contributed by atoms with E-state index in [1.165, 1.54) is 6.20 Å². The lowest BCUT2D eigenvalue weighted by molar-refractivity contribution is -0.210. The second-order valence-corrected chi connectivity index (χ2v) is 5.01. The van der Waals surface area contributed by atoms with Gasteiger partial charge in [0.1, 0.15) is 5.69 Å². The topological polar surface area (TPSA) is 72.0 Å². The zero-order valence-electron chi connectivity index (χ0n) is 10.1. The van der Waals surface area contributed by atoms with Crippen LogP contribution in [0.25, 0.3) is 11.5 Å². The van der Waals surface area contributed by atoms with Crippen molar-refractivity contribution in [3.63, 3.8) is 0 Å². The lowest BCUT2D eigenvalue weighted by atomic mass is 10.0. The van der Waals surface area contributed by atoms with Gasteiger partial charge in [-0.25, -0.2) is 0 Å². The standard InChI is InChI=1S/C11H9BrF3N3O2/c1-5(8(19)11(13,14)15)10-17-9(18-20-10)7-3-2-6(12)4-16-7/h2-5,8,19H,1H3. The first-order valence-electron chi connectivity index (χ1n) is 5.49. The molecule has 0 spiro atoms. The van der Waals surface area contributed by atoms with E-state index in [1.807, 2.05) is 0 Å². The molecule has 0 aliphatic heterocycles. The second-order valence-electron chi connectivity index (χ2n) is 4.09. The number of alkyl halides is 3. The first kappa shape index (κ1) is 14.9. The van der Waals surface area contributed by atoms with E-state index in [-0.39, 0.29) is 11.7 Å². The normalized spacial score (nSPS) is 15.1. The molecule has 0 fully saturated rings. The van der Waals surface area contributed by atoms with Gasteiger partial charge < -0.3 is 9.63 Å². The summed E-state index contributed by atoms with van der Waals surface area (Å²) in [6, 6.07) is 3.27. The van der Waals surface area contributed by atoms with Gasteiger partial charge in [-0.05, 0) is 28.1 Å². The fourth-order valence-electron chi connectivity index (χ4n) is 1.45. The quantitative estimate of drug-likeness (QED) is 0.920. The molecule has 9 heteroatoms. The molecule has 0 aliphatic carbocycles. The number of halogens is 4. The van der Waals surface area contributed by atoms with E-state index in [1.54, 1.807) is 12.1 Å². The van der Waals surface area contributed by atoms with Crippen molar-refractivity contribution in [3.05, 3.63) is 28.7 Å². The van der Waals surface area contributed by atoms with Gasteiger partial charge in [0.05, 0.1) is 5.92 Å². The van der Waals surface area contributed by atoms with Gasteiger partial charge in [0.2, 0.25) is 11.7 Å². The van der Waals surface area contributed by atoms with Gasteiger partial charge in [-0.1, -0.05) is 12.1 Å². The summed E-state index contributed by atoms with van der Waals surface area (Å²) in [4.78, 5) is 7.83. The Labute approximate surface area is 120 Å². The largest absolute Gasteiger partial charge is 0.415 e. The minimum absolute atomic E-state index is 0.0636. The van der Waals surface area contributed by atoms with Crippen molar-refractivity contribution in [1.82, 2.24) is 15.1 Å². The first-order valence-corrected chi connectivity index (χ1v) is 6.28. The van der Waals surface area contributed by atoms with E-state index >= 15 is 0 Å². The van der Waals surface area contributed by atoms with Gasteiger partial charge in [-0.3, -0.25) is 4.98 Å². The fraction of sp³-hybridized carbons (Fsp3) is 0.364. The number of rotatable bonds is 3. The molecule has 2 rings (SSSR count). The molecule has 1 N–H and O–H groups in total. The van der Waals surface area contributed by atoms with Crippen molar-refractivity contribution in [1.29, 1.82) is 0 Å². The summed E-state index contributed by atoms with van der Waals surface area (Å²) in [5, 5.41) is 12.7. The Morgan fingerprint density at radius 3 is 2.60 bits per heavy atom. The molecule has 2 unspecified atom stereocenters. The Hall–Kier alpha value is -1.48. The SMILES string of the molecule is CC(c1nc(-c2ccc(Br)cn2)no1)C(O)C(F)(F)F. The van der Waals surface area contributed by atoms with Crippen LogP contribution in [-0.2, 0) is 0 Å². The number of aromatic nitrogens is 3. The maximum Gasteiger partial charge on any atom is 0.415 e. The monoisotopic (exact) mass is 351 g/mol. The summed E-state index contributed by atoms with van der Waals surface area (Å²) < 4.78 is 42.7. The third kappa shape index (κ3) is 3.15. The van der Waals surface area contributed by atoms with E-state index in [0.717, 1.165) is 11.4 Å². The van der Waals surface area contributed by atoms with Crippen molar-refractivity contribution in [3.8, 4) is 11.5 Å². The Kier molecular flexibility index (Phi) is 4.09. The summed E-state index contributed by atoms with van der Waals surface area (Å²) >= 11 is 3.20. The van der Waals surface area contributed by atoms with Crippen LogP contribution in [0, 0.1) is 0 Å². The highest BCUT2D eigenvalue weighted by Crippen LogP contribution is 2.31. The molecule has 2 atom stereocenters. The van der Waals surface area contributed by atoms with Crippen LogP contribution < -0.4 is 0 Å². The summed E-state index contributed by atoms with van der Waals surface area (Å²) in [6.45, 7) is 1.16. The average Bonchev–Trinajstić information content (AvgIpc) is 2.86. The number of pyridine rings is 1. The Morgan fingerprint density at radius 1 is 1.35 bits per heavy atom. The molecule has 0 bridgehead atoms. The molecular formula is C11H9BrF3N3O2. The van der Waals surface area contributed by atoms with E-state index in [4.69, 9.17) is 9.63 Å². The third-order valence-electron chi connectivity index (χ3n) is 2.60. The molecule has 2 aromatic rings. The van der Waals surface area contributed by atoms with Crippen LogP contribution in [0.3, 0.4) is 0 Å². The van der Waals surface area contributed by atoms with Crippen molar-refractivity contribution in [2.75, 3.05) is 0 Å². The van der Waals surface area contributed by atoms with E-state index in [2.05, 4.69) is 31.1 Å². The highest BCUT2D eigenvalue weighted by atomic mass is 79.9. The van der Waals surface area contributed by atoms with Crippen LogP contribution in [0.4, 0.5) is 13.2 Å².